The molecule has 1 aliphatic carbocycles. The second kappa shape index (κ2) is 3.78. The van der Waals surface area contributed by atoms with E-state index in [-0.39, 0.29) is 6.03 Å². The molecule has 1 N–H and O–H groups in total. The summed E-state index contributed by atoms with van der Waals surface area (Å²) in [5.41, 5.74) is 0. The number of rotatable bonds is 3. The van der Waals surface area contributed by atoms with Gasteiger partial charge in [0, 0.05) is 20.6 Å². The number of hydrogen-bond acceptors (Lipinski definition) is 1. The van der Waals surface area contributed by atoms with E-state index in [0.717, 1.165) is 12.5 Å². The van der Waals surface area contributed by atoms with Crippen LogP contribution in [0.25, 0.3) is 0 Å². The molecule has 1 unspecified atom stereocenters. The van der Waals surface area contributed by atoms with E-state index in [0.29, 0.717) is 5.92 Å². The van der Waals surface area contributed by atoms with Gasteiger partial charge in [-0.1, -0.05) is 6.92 Å². The fourth-order valence-electron chi connectivity index (χ4n) is 1.24. The van der Waals surface area contributed by atoms with E-state index in [9.17, 15) is 4.79 Å². The molecule has 1 fully saturated rings. The molecule has 0 aromatic heterocycles. The fourth-order valence-corrected chi connectivity index (χ4v) is 1.24. The standard InChI is InChI=1S/C9H18N2O/c1-7(8-4-5-8)6-10-9(12)11(2)3/h7-8H,4-6H2,1-3H3,(H,10,12). The first-order valence-corrected chi connectivity index (χ1v) is 4.56. The molecule has 0 aromatic rings. The third kappa shape index (κ3) is 2.72. The van der Waals surface area contributed by atoms with Gasteiger partial charge in [0.2, 0.25) is 0 Å². The Balaban J connectivity index is 2.11. The van der Waals surface area contributed by atoms with Gasteiger partial charge in [0.15, 0.2) is 0 Å². The first-order chi connectivity index (χ1) is 5.61. The quantitative estimate of drug-likeness (QED) is 0.680. The Morgan fingerprint density at radius 3 is 2.58 bits per heavy atom. The van der Waals surface area contributed by atoms with Crippen LogP contribution >= 0.6 is 0 Å². The van der Waals surface area contributed by atoms with Gasteiger partial charge in [-0.15, -0.1) is 0 Å². The molecular weight excluding hydrogens is 152 g/mol. The Morgan fingerprint density at radius 1 is 1.58 bits per heavy atom. The molecule has 12 heavy (non-hydrogen) atoms. The van der Waals surface area contributed by atoms with Crippen LogP contribution in [0.2, 0.25) is 0 Å². The smallest absolute Gasteiger partial charge is 0.316 e. The molecule has 1 aliphatic rings. The second-order valence-corrected chi connectivity index (χ2v) is 3.90. The van der Waals surface area contributed by atoms with Crippen LogP contribution in [-0.2, 0) is 0 Å². The monoisotopic (exact) mass is 170 g/mol. The number of hydrogen-bond donors (Lipinski definition) is 1. The van der Waals surface area contributed by atoms with E-state index in [2.05, 4.69) is 12.2 Å². The Hall–Kier alpha value is -0.730. The topological polar surface area (TPSA) is 32.3 Å². The van der Waals surface area contributed by atoms with Crippen molar-refractivity contribution in [3.05, 3.63) is 0 Å². The molecule has 1 saturated carbocycles. The van der Waals surface area contributed by atoms with Gasteiger partial charge in [-0.3, -0.25) is 0 Å². The van der Waals surface area contributed by atoms with Gasteiger partial charge >= 0.3 is 6.03 Å². The summed E-state index contributed by atoms with van der Waals surface area (Å²) in [5.74, 6) is 1.52. The predicted molar refractivity (Wildman–Crippen MR) is 49.0 cm³/mol. The maximum absolute atomic E-state index is 11.1. The van der Waals surface area contributed by atoms with Crippen LogP contribution in [0.15, 0.2) is 0 Å². The van der Waals surface area contributed by atoms with Gasteiger partial charge < -0.3 is 10.2 Å². The lowest BCUT2D eigenvalue weighted by Crippen LogP contribution is -2.37. The van der Waals surface area contributed by atoms with Crippen molar-refractivity contribution in [2.75, 3.05) is 20.6 Å². The average molecular weight is 170 g/mol. The molecule has 3 heteroatoms. The largest absolute Gasteiger partial charge is 0.338 e. The Bertz CT molecular complexity index is 164. The van der Waals surface area contributed by atoms with E-state index in [1.165, 1.54) is 12.8 Å². The summed E-state index contributed by atoms with van der Waals surface area (Å²) in [6.07, 6.45) is 2.69. The summed E-state index contributed by atoms with van der Waals surface area (Å²) < 4.78 is 0. The maximum atomic E-state index is 11.1. The molecule has 0 aliphatic heterocycles. The SMILES string of the molecule is CC(CNC(=O)N(C)C)C1CC1. The third-order valence-corrected chi connectivity index (χ3v) is 2.41. The zero-order valence-electron chi connectivity index (χ0n) is 8.13. The van der Waals surface area contributed by atoms with E-state index in [1.54, 1.807) is 19.0 Å². The van der Waals surface area contributed by atoms with Crippen LogP contribution in [0, 0.1) is 11.8 Å². The lowest BCUT2D eigenvalue weighted by atomic mass is 10.1. The van der Waals surface area contributed by atoms with Crippen molar-refractivity contribution in [1.82, 2.24) is 10.2 Å². The molecule has 1 atom stereocenters. The third-order valence-electron chi connectivity index (χ3n) is 2.41. The van der Waals surface area contributed by atoms with Crippen LogP contribution in [0.3, 0.4) is 0 Å². The minimum atomic E-state index is 0.0162. The minimum Gasteiger partial charge on any atom is -0.338 e. The van der Waals surface area contributed by atoms with Gasteiger partial charge in [0.05, 0.1) is 0 Å². The molecule has 3 nitrogen and oxygen atoms in total. The first kappa shape index (κ1) is 9.36. The predicted octanol–water partition coefficient (Wildman–Crippen LogP) is 1.30. The molecule has 0 saturated heterocycles. The summed E-state index contributed by atoms with van der Waals surface area (Å²) in [5, 5.41) is 2.89. The van der Waals surface area contributed by atoms with E-state index < -0.39 is 0 Å². The molecule has 70 valence electrons. The average Bonchev–Trinajstić information content (AvgIpc) is 2.81. The van der Waals surface area contributed by atoms with Crippen LogP contribution in [-0.4, -0.2) is 31.6 Å². The highest BCUT2D eigenvalue weighted by atomic mass is 16.2. The Morgan fingerprint density at radius 2 is 2.17 bits per heavy atom. The molecule has 0 radical (unpaired) electrons. The van der Waals surface area contributed by atoms with Gasteiger partial charge in [-0.2, -0.15) is 0 Å². The van der Waals surface area contributed by atoms with Crippen LogP contribution < -0.4 is 5.32 Å². The molecule has 0 aromatic carbocycles. The Kier molecular flexibility index (Phi) is 2.95. The van der Waals surface area contributed by atoms with E-state index in [4.69, 9.17) is 0 Å². The van der Waals surface area contributed by atoms with Crippen LogP contribution in [0.4, 0.5) is 4.79 Å². The lowest BCUT2D eigenvalue weighted by molar-refractivity contribution is 0.215. The number of carbonyl (C=O) groups is 1. The van der Waals surface area contributed by atoms with Crippen molar-refractivity contribution in [2.45, 2.75) is 19.8 Å². The maximum Gasteiger partial charge on any atom is 0.316 e. The van der Waals surface area contributed by atoms with Crippen molar-refractivity contribution in [2.24, 2.45) is 11.8 Å². The van der Waals surface area contributed by atoms with Crippen molar-refractivity contribution in [3.63, 3.8) is 0 Å². The molecular formula is C9H18N2O. The Labute approximate surface area is 74.1 Å². The van der Waals surface area contributed by atoms with Crippen LogP contribution in [0.1, 0.15) is 19.8 Å². The van der Waals surface area contributed by atoms with Gasteiger partial charge in [0.1, 0.15) is 0 Å². The van der Waals surface area contributed by atoms with E-state index >= 15 is 0 Å². The van der Waals surface area contributed by atoms with Crippen molar-refractivity contribution >= 4 is 6.03 Å². The minimum absolute atomic E-state index is 0.0162. The number of amides is 2. The number of carbonyl (C=O) groups excluding carboxylic acids is 1. The zero-order valence-corrected chi connectivity index (χ0v) is 8.13. The highest BCUT2D eigenvalue weighted by Gasteiger charge is 2.27. The highest BCUT2D eigenvalue weighted by molar-refractivity contribution is 5.73. The number of urea groups is 1. The summed E-state index contributed by atoms with van der Waals surface area (Å²) in [6.45, 7) is 3.02. The zero-order chi connectivity index (χ0) is 9.14. The normalized spacial score (nSPS) is 18.6. The number of nitrogens with zero attached hydrogens (tertiary/aromatic N) is 1. The summed E-state index contributed by atoms with van der Waals surface area (Å²) in [6, 6.07) is 0.0162. The molecule has 0 bridgehead atoms. The summed E-state index contributed by atoms with van der Waals surface area (Å²) >= 11 is 0. The van der Waals surface area contributed by atoms with E-state index in [1.807, 2.05) is 0 Å². The highest BCUT2D eigenvalue weighted by Crippen LogP contribution is 2.35. The molecule has 2 amide bonds. The van der Waals surface area contributed by atoms with Gasteiger partial charge in [-0.05, 0) is 24.7 Å². The lowest BCUT2D eigenvalue weighted by Gasteiger charge is -2.15. The van der Waals surface area contributed by atoms with Crippen molar-refractivity contribution < 1.29 is 4.79 Å². The van der Waals surface area contributed by atoms with Gasteiger partial charge in [-0.25, -0.2) is 4.79 Å². The molecule has 0 spiro atoms. The number of nitrogens with one attached hydrogen (secondary N) is 1. The second-order valence-electron chi connectivity index (χ2n) is 3.90. The fraction of sp³-hybridized carbons (Fsp3) is 0.889. The summed E-state index contributed by atoms with van der Waals surface area (Å²) in [7, 11) is 3.52. The van der Waals surface area contributed by atoms with Gasteiger partial charge in [0.25, 0.3) is 0 Å². The molecule has 0 heterocycles. The molecule has 1 rings (SSSR count). The summed E-state index contributed by atoms with van der Waals surface area (Å²) in [4.78, 5) is 12.7. The first-order valence-electron chi connectivity index (χ1n) is 4.56. The van der Waals surface area contributed by atoms with Crippen molar-refractivity contribution in [3.8, 4) is 0 Å². The van der Waals surface area contributed by atoms with Crippen molar-refractivity contribution in [1.29, 1.82) is 0 Å². The van der Waals surface area contributed by atoms with Crippen LogP contribution in [0.5, 0.6) is 0 Å².